The minimum atomic E-state index is -0.383. The number of carbonyl (C=O) groups is 1. The molecule has 4 heteroatoms. The van der Waals surface area contributed by atoms with Gasteiger partial charge in [-0.15, -0.1) is 0 Å². The summed E-state index contributed by atoms with van der Waals surface area (Å²) in [6.07, 6.45) is 4.55. The maximum absolute atomic E-state index is 12.2. The lowest BCUT2D eigenvalue weighted by atomic mass is 9.61. The lowest BCUT2D eigenvalue weighted by Crippen LogP contribution is -2.50. The van der Waals surface area contributed by atoms with E-state index in [1.807, 2.05) is 0 Å². The molecule has 2 aliphatic rings. The molecule has 0 aromatic heterocycles. The van der Waals surface area contributed by atoms with Crippen LogP contribution in [0.5, 0.6) is 0 Å². The Morgan fingerprint density at radius 3 is 2.73 bits per heavy atom. The van der Waals surface area contributed by atoms with Gasteiger partial charge in [-0.2, -0.15) is 0 Å². The number of ether oxygens (including phenoxy) is 2. The average molecular weight is 310 g/mol. The highest BCUT2D eigenvalue weighted by Gasteiger charge is 2.48. The minimum Gasteiger partial charge on any atom is -0.393 e. The summed E-state index contributed by atoms with van der Waals surface area (Å²) in [5.41, 5.74) is 1.26. The second-order valence-electron chi connectivity index (χ2n) is 7.21. The molecule has 0 aromatic carbocycles. The fourth-order valence-corrected chi connectivity index (χ4v) is 4.29. The SMILES string of the molecule is COCO[C@@H]1CC[C@H](O)[C@@H]2CC(=O)C[C@@H](/C(C)=C/C(C)C)[C@@H]21. The van der Waals surface area contributed by atoms with Crippen molar-refractivity contribution in [1.82, 2.24) is 0 Å². The van der Waals surface area contributed by atoms with Crippen molar-refractivity contribution in [3.05, 3.63) is 11.6 Å². The van der Waals surface area contributed by atoms with E-state index in [9.17, 15) is 9.90 Å². The largest absolute Gasteiger partial charge is 0.393 e. The zero-order valence-corrected chi connectivity index (χ0v) is 14.2. The number of Topliss-reactive ketones (excluding diaryl/α,β-unsaturated/α-hetero) is 1. The van der Waals surface area contributed by atoms with Crippen molar-refractivity contribution in [2.24, 2.45) is 23.7 Å². The quantitative estimate of drug-likeness (QED) is 0.626. The molecule has 2 rings (SSSR count). The number of methoxy groups -OCH3 is 1. The number of carbonyl (C=O) groups excluding carboxylic acids is 1. The van der Waals surface area contributed by atoms with Gasteiger partial charge >= 0.3 is 0 Å². The Balaban J connectivity index is 2.26. The third kappa shape index (κ3) is 3.98. The van der Waals surface area contributed by atoms with Gasteiger partial charge in [-0.05, 0) is 43.4 Å². The van der Waals surface area contributed by atoms with Crippen molar-refractivity contribution in [1.29, 1.82) is 0 Å². The second-order valence-corrected chi connectivity index (χ2v) is 7.21. The number of ketones is 1. The molecule has 2 saturated carbocycles. The monoisotopic (exact) mass is 310 g/mol. The van der Waals surface area contributed by atoms with Gasteiger partial charge in [-0.1, -0.05) is 25.5 Å². The zero-order valence-electron chi connectivity index (χ0n) is 14.2. The first-order chi connectivity index (χ1) is 10.4. The second kappa shape index (κ2) is 7.71. The Kier molecular flexibility index (Phi) is 6.18. The van der Waals surface area contributed by atoms with E-state index in [1.165, 1.54) is 5.57 Å². The molecule has 0 saturated heterocycles. The topological polar surface area (TPSA) is 55.8 Å². The Morgan fingerprint density at radius 1 is 1.36 bits per heavy atom. The van der Waals surface area contributed by atoms with Crippen molar-refractivity contribution in [3.8, 4) is 0 Å². The highest BCUT2D eigenvalue weighted by molar-refractivity contribution is 5.80. The van der Waals surface area contributed by atoms with E-state index in [0.717, 1.165) is 6.42 Å². The van der Waals surface area contributed by atoms with Crippen LogP contribution in [0.3, 0.4) is 0 Å². The molecule has 2 fully saturated rings. The maximum atomic E-state index is 12.2. The van der Waals surface area contributed by atoms with Crippen molar-refractivity contribution < 1.29 is 19.4 Å². The van der Waals surface area contributed by atoms with Gasteiger partial charge in [0.05, 0.1) is 12.2 Å². The highest BCUT2D eigenvalue weighted by Crippen LogP contribution is 2.46. The molecule has 0 unspecified atom stereocenters. The number of aliphatic hydroxyl groups excluding tert-OH is 1. The third-order valence-electron chi connectivity index (χ3n) is 5.12. The first kappa shape index (κ1) is 17.6. The van der Waals surface area contributed by atoms with E-state index >= 15 is 0 Å². The van der Waals surface area contributed by atoms with Gasteiger partial charge in [-0.25, -0.2) is 0 Å². The lowest BCUT2D eigenvalue weighted by molar-refractivity contribution is -0.157. The van der Waals surface area contributed by atoms with E-state index in [0.29, 0.717) is 25.2 Å². The molecule has 0 radical (unpaired) electrons. The molecule has 0 spiro atoms. The number of aliphatic hydroxyl groups is 1. The van der Waals surface area contributed by atoms with Crippen LogP contribution in [0, 0.1) is 23.7 Å². The van der Waals surface area contributed by atoms with Crippen LogP contribution in [-0.4, -0.2) is 37.0 Å². The van der Waals surface area contributed by atoms with Crippen LogP contribution >= 0.6 is 0 Å². The molecule has 4 nitrogen and oxygen atoms in total. The first-order valence-electron chi connectivity index (χ1n) is 8.42. The first-order valence-corrected chi connectivity index (χ1v) is 8.42. The van der Waals surface area contributed by atoms with Crippen molar-refractivity contribution in [2.75, 3.05) is 13.9 Å². The van der Waals surface area contributed by atoms with Crippen LogP contribution in [0.25, 0.3) is 0 Å². The fourth-order valence-electron chi connectivity index (χ4n) is 4.29. The molecule has 0 bridgehead atoms. The van der Waals surface area contributed by atoms with Crippen LogP contribution in [0.2, 0.25) is 0 Å². The summed E-state index contributed by atoms with van der Waals surface area (Å²) in [5, 5.41) is 10.4. The Hall–Kier alpha value is -0.710. The summed E-state index contributed by atoms with van der Waals surface area (Å²) in [6, 6.07) is 0. The molecule has 0 amide bonds. The summed E-state index contributed by atoms with van der Waals surface area (Å²) in [4.78, 5) is 12.2. The molecule has 0 aliphatic heterocycles. The molecule has 5 atom stereocenters. The van der Waals surface area contributed by atoms with E-state index in [2.05, 4.69) is 26.8 Å². The summed E-state index contributed by atoms with van der Waals surface area (Å²) >= 11 is 0. The van der Waals surface area contributed by atoms with Crippen molar-refractivity contribution in [3.63, 3.8) is 0 Å². The Labute approximate surface area is 133 Å². The number of allylic oxidation sites excluding steroid dienone is 2. The van der Waals surface area contributed by atoms with Crippen LogP contribution < -0.4 is 0 Å². The van der Waals surface area contributed by atoms with E-state index < -0.39 is 0 Å². The lowest BCUT2D eigenvalue weighted by Gasteiger charge is -2.47. The van der Waals surface area contributed by atoms with Gasteiger partial charge in [0, 0.05) is 20.0 Å². The van der Waals surface area contributed by atoms with Crippen LogP contribution in [-0.2, 0) is 14.3 Å². The Morgan fingerprint density at radius 2 is 2.09 bits per heavy atom. The molecule has 2 aliphatic carbocycles. The summed E-state index contributed by atoms with van der Waals surface area (Å²) in [7, 11) is 1.63. The summed E-state index contributed by atoms with van der Waals surface area (Å²) < 4.78 is 11.0. The van der Waals surface area contributed by atoms with E-state index in [1.54, 1.807) is 7.11 Å². The van der Waals surface area contributed by atoms with Crippen molar-refractivity contribution in [2.45, 2.75) is 58.7 Å². The molecular formula is C18H30O4. The number of hydrogen-bond donors (Lipinski definition) is 1. The van der Waals surface area contributed by atoms with Crippen LogP contribution in [0.15, 0.2) is 11.6 Å². The van der Waals surface area contributed by atoms with Crippen LogP contribution in [0.4, 0.5) is 0 Å². The highest BCUT2D eigenvalue weighted by atomic mass is 16.7. The molecule has 0 heterocycles. The number of hydrogen-bond acceptors (Lipinski definition) is 4. The molecule has 1 N–H and O–H groups in total. The van der Waals surface area contributed by atoms with Gasteiger partial charge in [0.1, 0.15) is 12.6 Å². The third-order valence-corrected chi connectivity index (χ3v) is 5.12. The Bertz CT molecular complexity index is 413. The molecule has 22 heavy (non-hydrogen) atoms. The van der Waals surface area contributed by atoms with E-state index in [-0.39, 0.29) is 42.5 Å². The smallest absolute Gasteiger partial charge is 0.146 e. The van der Waals surface area contributed by atoms with Crippen molar-refractivity contribution >= 4 is 5.78 Å². The zero-order chi connectivity index (χ0) is 16.3. The van der Waals surface area contributed by atoms with Gasteiger partial charge in [0.15, 0.2) is 0 Å². The molecule has 0 aromatic rings. The molecular weight excluding hydrogens is 280 g/mol. The van der Waals surface area contributed by atoms with Gasteiger partial charge in [0.25, 0.3) is 0 Å². The molecule has 126 valence electrons. The standard InChI is InChI=1S/C18H30O4/c1-11(2)7-12(3)14-8-13(19)9-15-16(20)5-6-17(18(14)15)22-10-21-4/h7,11,14-18,20H,5-6,8-10H2,1-4H3/b12-7+/t14-,15-,16-,17+,18-/m0/s1. The fraction of sp³-hybridized carbons (Fsp3) is 0.833. The average Bonchev–Trinajstić information content (AvgIpc) is 2.45. The summed E-state index contributed by atoms with van der Waals surface area (Å²) in [5.74, 6) is 1.16. The van der Waals surface area contributed by atoms with Crippen LogP contribution in [0.1, 0.15) is 46.5 Å². The van der Waals surface area contributed by atoms with Gasteiger partial charge < -0.3 is 14.6 Å². The number of rotatable bonds is 5. The van der Waals surface area contributed by atoms with Gasteiger partial charge in [-0.3, -0.25) is 4.79 Å². The predicted octanol–water partition coefficient (Wildman–Crippen LogP) is 2.94. The normalized spacial score (nSPS) is 36.5. The predicted molar refractivity (Wildman–Crippen MR) is 85.3 cm³/mol. The minimum absolute atomic E-state index is 0.0253. The summed E-state index contributed by atoms with van der Waals surface area (Å²) in [6.45, 7) is 6.70. The van der Waals surface area contributed by atoms with Gasteiger partial charge in [0.2, 0.25) is 0 Å². The number of fused-ring (bicyclic) bond motifs is 1. The van der Waals surface area contributed by atoms with E-state index in [4.69, 9.17) is 9.47 Å². The maximum Gasteiger partial charge on any atom is 0.146 e.